The van der Waals surface area contributed by atoms with Gasteiger partial charge in [0, 0.05) is 12.2 Å². The van der Waals surface area contributed by atoms with E-state index in [2.05, 4.69) is 44.9 Å². The van der Waals surface area contributed by atoms with Crippen LogP contribution in [0.25, 0.3) is 0 Å². The van der Waals surface area contributed by atoms with E-state index in [1.165, 1.54) is 17.3 Å². The number of carbonyl (C=O) groups excluding carboxylic acids is 1. The SMILES string of the molecule is Cc1ccc(NC(=O)c2cnc(NCCCc3ccccc3)cn2)cc1C. The fraction of sp³-hybridized carbons (Fsp3) is 0.227. The van der Waals surface area contributed by atoms with Crippen molar-refractivity contribution < 1.29 is 4.79 Å². The maximum absolute atomic E-state index is 12.3. The van der Waals surface area contributed by atoms with Crippen LogP contribution in [0.4, 0.5) is 11.5 Å². The Morgan fingerprint density at radius 1 is 0.963 bits per heavy atom. The van der Waals surface area contributed by atoms with Crippen LogP contribution in [0.1, 0.15) is 33.6 Å². The molecule has 3 rings (SSSR count). The molecule has 0 aliphatic rings. The molecule has 0 saturated heterocycles. The summed E-state index contributed by atoms with van der Waals surface area (Å²) < 4.78 is 0. The van der Waals surface area contributed by atoms with E-state index in [4.69, 9.17) is 0 Å². The summed E-state index contributed by atoms with van der Waals surface area (Å²) in [6.07, 6.45) is 5.10. The van der Waals surface area contributed by atoms with E-state index in [0.29, 0.717) is 11.5 Å². The van der Waals surface area contributed by atoms with Crippen LogP contribution in [0.5, 0.6) is 0 Å². The Morgan fingerprint density at radius 3 is 2.48 bits per heavy atom. The highest BCUT2D eigenvalue weighted by Crippen LogP contribution is 2.15. The molecule has 2 N–H and O–H groups in total. The third-order valence-corrected chi connectivity index (χ3v) is 4.44. The fourth-order valence-corrected chi connectivity index (χ4v) is 2.70. The summed E-state index contributed by atoms with van der Waals surface area (Å²) in [7, 11) is 0. The van der Waals surface area contributed by atoms with Gasteiger partial charge in [-0.15, -0.1) is 0 Å². The number of anilines is 2. The average Bonchev–Trinajstić information content (AvgIpc) is 2.69. The Hall–Kier alpha value is -3.21. The van der Waals surface area contributed by atoms with Gasteiger partial charge in [0.05, 0.1) is 12.4 Å². The molecule has 5 nitrogen and oxygen atoms in total. The van der Waals surface area contributed by atoms with E-state index in [9.17, 15) is 4.79 Å². The second-order valence-corrected chi connectivity index (χ2v) is 6.56. The molecule has 27 heavy (non-hydrogen) atoms. The standard InChI is InChI=1S/C22H24N4O/c1-16-10-11-19(13-17(16)2)26-22(27)20-14-25-21(15-24-20)23-12-6-9-18-7-4-3-5-8-18/h3-5,7-8,10-11,13-15H,6,9,12H2,1-2H3,(H,23,25)(H,26,27). The van der Waals surface area contributed by atoms with Crippen LogP contribution in [0.2, 0.25) is 0 Å². The number of nitrogens with zero attached hydrogens (tertiary/aromatic N) is 2. The number of aromatic nitrogens is 2. The third kappa shape index (κ3) is 5.38. The van der Waals surface area contributed by atoms with E-state index >= 15 is 0 Å². The van der Waals surface area contributed by atoms with Crippen molar-refractivity contribution in [1.29, 1.82) is 0 Å². The molecule has 2 aromatic carbocycles. The van der Waals surface area contributed by atoms with E-state index in [1.54, 1.807) is 6.20 Å². The first-order valence-electron chi connectivity index (χ1n) is 9.10. The Labute approximate surface area is 159 Å². The second kappa shape index (κ2) is 8.94. The highest BCUT2D eigenvalue weighted by atomic mass is 16.1. The molecule has 0 aliphatic heterocycles. The molecule has 0 spiro atoms. The molecule has 0 atom stereocenters. The van der Waals surface area contributed by atoms with Gasteiger partial charge in [-0.05, 0) is 55.5 Å². The second-order valence-electron chi connectivity index (χ2n) is 6.56. The van der Waals surface area contributed by atoms with Crippen molar-refractivity contribution in [2.75, 3.05) is 17.2 Å². The number of nitrogens with one attached hydrogen (secondary N) is 2. The monoisotopic (exact) mass is 360 g/mol. The highest BCUT2D eigenvalue weighted by Gasteiger charge is 2.09. The van der Waals surface area contributed by atoms with Gasteiger partial charge >= 0.3 is 0 Å². The van der Waals surface area contributed by atoms with Gasteiger partial charge in [0.2, 0.25) is 0 Å². The minimum atomic E-state index is -0.263. The molecule has 1 amide bonds. The molecule has 0 unspecified atom stereocenters. The first-order chi connectivity index (χ1) is 13.1. The quantitative estimate of drug-likeness (QED) is 0.613. The zero-order chi connectivity index (χ0) is 19.1. The predicted octanol–water partition coefficient (Wildman–Crippen LogP) is 4.39. The highest BCUT2D eigenvalue weighted by molar-refractivity contribution is 6.02. The van der Waals surface area contributed by atoms with Crippen LogP contribution in [0.3, 0.4) is 0 Å². The lowest BCUT2D eigenvalue weighted by molar-refractivity contribution is 0.102. The van der Waals surface area contributed by atoms with Crippen LogP contribution in [0.15, 0.2) is 60.9 Å². The summed E-state index contributed by atoms with van der Waals surface area (Å²) in [4.78, 5) is 20.8. The third-order valence-electron chi connectivity index (χ3n) is 4.44. The van der Waals surface area contributed by atoms with Gasteiger partial charge in [-0.2, -0.15) is 0 Å². The maximum atomic E-state index is 12.3. The summed E-state index contributed by atoms with van der Waals surface area (Å²) in [6.45, 7) is 4.86. The molecule has 0 bridgehead atoms. The fourth-order valence-electron chi connectivity index (χ4n) is 2.70. The van der Waals surface area contributed by atoms with Crippen LogP contribution < -0.4 is 10.6 Å². The Morgan fingerprint density at radius 2 is 1.78 bits per heavy atom. The van der Waals surface area contributed by atoms with Crippen LogP contribution in [-0.2, 0) is 6.42 Å². The van der Waals surface area contributed by atoms with Crippen molar-refractivity contribution in [3.63, 3.8) is 0 Å². The molecular weight excluding hydrogens is 336 g/mol. The van der Waals surface area contributed by atoms with E-state index in [-0.39, 0.29) is 5.91 Å². The summed E-state index contributed by atoms with van der Waals surface area (Å²) in [5.41, 5.74) is 4.70. The van der Waals surface area contributed by atoms with Crippen molar-refractivity contribution in [3.8, 4) is 0 Å². The topological polar surface area (TPSA) is 66.9 Å². The average molecular weight is 360 g/mol. The van der Waals surface area contributed by atoms with Gasteiger partial charge < -0.3 is 10.6 Å². The van der Waals surface area contributed by atoms with Crippen molar-refractivity contribution in [2.24, 2.45) is 0 Å². The number of hydrogen-bond donors (Lipinski definition) is 2. The summed E-state index contributed by atoms with van der Waals surface area (Å²) >= 11 is 0. The molecule has 0 radical (unpaired) electrons. The lowest BCUT2D eigenvalue weighted by atomic mass is 10.1. The number of carbonyl (C=O) groups is 1. The van der Waals surface area contributed by atoms with Gasteiger partial charge in [-0.25, -0.2) is 9.97 Å². The van der Waals surface area contributed by atoms with Crippen LogP contribution in [0, 0.1) is 13.8 Å². The molecule has 1 heterocycles. The summed E-state index contributed by atoms with van der Waals surface area (Å²) in [6, 6.07) is 16.2. The van der Waals surface area contributed by atoms with Crippen LogP contribution in [-0.4, -0.2) is 22.4 Å². The molecule has 138 valence electrons. The number of aryl methyl sites for hydroxylation is 3. The van der Waals surface area contributed by atoms with E-state index < -0.39 is 0 Å². The normalized spacial score (nSPS) is 10.4. The van der Waals surface area contributed by atoms with Gasteiger partial charge in [-0.1, -0.05) is 36.4 Å². The predicted molar refractivity (Wildman–Crippen MR) is 109 cm³/mol. The van der Waals surface area contributed by atoms with Gasteiger partial charge in [0.1, 0.15) is 11.5 Å². The van der Waals surface area contributed by atoms with Gasteiger partial charge in [0.25, 0.3) is 5.91 Å². The van der Waals surface area contributed by atoms with Gasteiger partial charge in [0.15, 0.2) is 0 Å². The van der Waals surface area contributed by atoms with E-state index in [0.717, 1.165) is 30.6 Å². The molecule has 1 aromatic heterocycles. The zero-order valence-corrected chi connectivity index (χ0v) is 15.7. The molecule has 0 fully saturated rings. The summed E-state index contributed by atoms with van der Waals surface area (Å²) in [5.74, 6) is 0.409. The minimum Gasteiger partial charge on any atom is -0.369 e. The van der Waals surface area contributed by atoms with Crippen molar-refractivity contribution in [3.05, 3.63) is 83.3 Å². The Kier molecular flexibility index (Phi) is 6.15. The van der Waals surface area contributed by atoms with Crippen molar-refractivity contribution in [1.82, 2.24) is 9.97 Å². The zero-order valence-electron chi connectivity index (χ0n) is 15.7. The number of rotatable bonds is 7. The smallest absolute Gasteiger partial charge is 0.275 e. The Bertz CT molecular complexity index is 892. The van der Waals surface area contributed by atoms with Crippen molar-refractivity contribution >= 4 is 17.4 Å². The van der Waals surface area contributed by atoms with E-state index in [1.807, 2.05) is 38.1 Å². The molecule has 3 aromatic rings. The number of hydrogen-bond acceptors (Lipinski definition) is 4. The van der Waals surface area contributed by atoms with Crippen molar-refractivity contribution in [2.45, 2.75) is 26.7 Å². The van der Waals surface area contributed by atoms with Crippen LogP contribution >= 0.6 is 0 Å². The molecular formula is C22H24N4O. The molecule has 5 heteroatoms. The molecule has 0 saturated carbocycles. The first kappa shape index (κ1) is 18.6. The molecule has 0 aliphatic carbocycles. The minimum absolute atomic E-state index is 0.263. The lowest BCUT2D eigenvalue weighted by Gasteiger charge is -2.08. The number of benzene rings is 2. The number of amides is 1. The largest absolute Gasteiger partial charge is 0.369 e. The maximum Gasteiger partial charge on any atom is 0.275 e. The Balaban J connectivity index is 1.49. The first-order valence-corrected chi connectivity index (χ1v) is 9.10. The lowest BCUT2D eigenvalue weighted by Crippen LogP contribution is -2.15. The van der Waals surface area contributed by atoms with Gasteiger partial charge in [-0.3, -0.25) is 4.79 Å². The summed E-state index contributed by atoms with van der Waals surface area (Å²) in [5, 5.41) is 6.09.